The molecule has 31 heavy (non-hydrogen) atoms. The largest absolute Gasteiger partial charge is 0.492 e. The molecule has 0 radical (unpaired) electrons. The Labute approximate surface area is 186 Å². The lowest BCUT2D eigenvalue weighted by Crippen LogP contribution is -2.26. The standard InChI is InChI=1S/C24H27NO5S/c1-6-30-20-12-15-8-10-18(25-14(3)26)17-13-19(27)21(31-7-2)11-9-16(17)22(15)24(29-5)23(20)28-4/h7,9,11-13,18H,2,6,8,10H2,1,3-5H3,(H,25,26). The fourth-order valence-electron chi connectivity index (χ4n) is 3.99. The monoisotopic (exact) mass is 441 g/mol. The van der Waals surface area contributed by atoms with Gasteiger partial charge in [0.25, 0.3) is 0 Å². The van der Waals surface area contributed by atoms with E-state index < -0.39 is 0 Å². The number of rotatable bonds is 7. The highest BCUT2D eigenvalue weighted by Gasteiger charge is 2.29. The molecule has 0 aliphatic heterocycles. The number of ether oxygens (including phenoxy) is 3. The Morgan fingerprint density at radius 3 is 2.61 bits per heavy atom. The number of aryl methyl sites for hydroxylation is 1. The molecule has 6 nitrogen and oxygen atoms in total. The zero-order chi connectivity index (χ0) is 22.5. The van der Waals surface area contributed by atoms with Gasteiger partial charge in [-0.2, -0.15) is 0 Å². The van der Waals surface area contributed by atoms with E-state index in [-0.39, 0.29) is 17.4 Å². The van der Waals surface area contributed by atoms with Crippen molar-refractivity contribution in [2.24, 2.45) is 0 Å². The Hall–Kier alpha value is -2.93. The second kappa shape index (κ2) is 9.92. The van der Waals surface area contributed by atoms with Gasteiger partial charge >= 0.3 is 0 Å². The number of carbonyl (C=O) groups is 1. The SMILES string of the molecule is C=CSc1ccc2c(cc1=O)C(NC(C)=O)CCc1cc(OCC)c(OC)c(OC)c1-2. The van der Waals surface area contributed by atoms with Gasteiger partial charge in [0, 0.05) is 12.5 Å². The minimum absolute atomic E-state index is 0.123. The lowest BCUT2D eigenvalue weighted by atomic mass is 9.95. The molecule has 0 fully saturated rings. The number of benzene rings is 1. The predicted molar refractivity (Wildman–Crippen MR) is 123 cm³/mol. The fourth-order valence-corrected chi connectivity index (χ4v) is 4.49. The minimum Gasteiger partial charge on any atom is -0.492 e. The molecule has 1 aliphatic rings. The van der Waals surface area contributed by atoms with E-state index in [9.17, 15) is 9.59 Å². The zero-order valence-corrected chi connectivity index (χ0v) is 19.1. The molecular formula is C24H27NO5S. The van der Waals surface area contributed by atoms with Crippen LogP contribution in [0.15, 0.2) is 45.9 Å². The lowest BCUT2D eigenvalue weighted by molar-refractivity contribution is -0.119. The Bertz CT molecular complexity index is 1070. The summed E-state index contributed by atoms with van der Waals surface area (Å²) < 4.78 is 17.2. The molecule has 2 aromatic rings. The summed E-state index contributed by atoms with van der Waals surface area (Å²) in [7, 11) is 3.16. The summed E-state index contributed by atoms with van der Waals surface area (Å²) in [5.41, 5.74) is 3.29. The third-order valence-corrected chi connectivity index (χ3v) is 5.93. The van der Waals surface area contributed by atoms with Gasteiger partial charge in [0.05, 0.1) is 31.8 Å². The molecule has 7 heteroatoms. The molecule has 0 saturated carbocycles. The van der Waals surface area contributed by atoms with Crippen molar-refractivity contribution in [3.05, 3.63) is 57.6 Å². The smallest absolute Gasteiger partial charge is 0.217 e. The normalized spacial score (nSPS) is 14.5. The Kier molecular flexibility index (Phi) is 7.28. The molecule has 0 saturated heterocycles. The summed E-state index contributed by atoms with van der Waals surface area (Å²) in [6, 6.07) is 6.96. The molecule has 164 valence electrons. The molecule has 1 aliphatic carbocycles. The Morgan fingerprint density at radius 2 is 2.00 bits per heavy atom. The van der Waals surface area contributed by atoms with E-state index in [1.807, 2.05) is 19.1 Å². The van der Waals surface area contributed by atoms with E-state index in [0.29, 0.717) is 41.6 Å². The molecule has 1 amide bonds. The second-order valence-electron chi connectivity index (χ2n) is 7.06. The number of amides is 1. The van der Waals surface area contributed by atoms with Crippen LogP contribution in [0.3, 0.4) is 0 Å². The van der Waals surface area contributed by atoms with Crippen LogP contribution in [0.4, 0.5) is 0 Å². The van der Waals surface area contributed by atoms with E-state index in [0.717, 1.165) is 22.3 Å². The maximum atomic E-state index is 12.9. The van der Waals surface area contributed by atoms with E-state index in [2.05, 4.69) is 11.9 Å². The molecule has 0 aromatic heterocycles. The van der Waals surface area contributed by atoms with Gasteiger partial charge in [-0.25, -0.2) is 0 Å². The zero-order valence-electron chi connectivity index (χ0n) is 18.2. The van der Waals surface area contributed by atoms with Crippen LogP contribution in [0.2, 0.25) is 0 Å². The van der Waals surface area contributed by atoms with Crippen molar-refractivity contribution in [2.45, 2.75) is 37.6 Å². The van der Waals surface area contributed by atoms with Crippen molar-refractivity contribution in [3.8, 4) is 28.4 Å². The number of nitrogens with one attached hydrogen (secondary N) is 1. The summed E-state index contributed by atoms with van der Waals surface area (Å²) in [5, 5.41) is 4.63. The number of hydrogen-bond donors (Lipinski definition) is 1. The molecule has 0 heterocycles. The highest BCUT2D eigenvalue weighted by molar-refractivity contribution is 8.02. The van der Waals surface area contributed by atoms with E-state index in [1.54, 1.807) is 31.8 Å². The third-order valence-electron chi connectivity index (χ3n) is 5.17. The first-order valence-corrected chi connectivity index (χ1v) is 11.0. The first-order chi connectivity index (χ1) is 14.9. The molecular weight excluding hydrogens is 414 g/mol. The average molecular weight is 442 g/mol. The van der Waals surface area contributed by atoms with Gasteiger partial charge in [-0.1, -0.05) is 24.4 Å². The van der Waals surface area contributed by atoms with Crippen molar-refractivity contribution in [1.29, 1.82) is 0 Å². The summed E-state index contributed by atoms with van der Waals surface area (Å²) in [6.45, 7) is 7.59. The van der Waals surface area contributed by atoms with Gasteiger partial charge in [-0.15, -0.1) is 0 Å². The number of methoxy groups -OCH3 is 2. The second-order valence-corrected chi connectivity index (χ2v) is 8.07. The summed E-state index contributed by atoms with van der Waals surface area (Å²) in [6.07, 6.45) is 1.30. The van der Waals surface area contributed by atoms with E-state index >= 15 is 0 Å². The molecule has 3 rings (SSSR count). The molecule has 1 N–H and O–H groups in total. The quantitative estimate of drug-likeness (QED) is 0.639. The number of fused-ring (bicyclic) bond motifs is 3. The molecule has 0 bridgehead atoms. The van der Waals surface area contributed by atoms with Crippen LogP contribution < -0.4 is 25.0 Å². The highest BCUT2D eigenvalue weighted by Crippen LogP contribution is 2.50. The number of thioether (sulfide) groups is 1. The summed E-state index contributed by atoms with van der Waals surface area (Å²) >= 11 is 1.27. The van der Waals surface area contributed by atoms with Gasteiger partial charge in [-0.05, 0) is 60.1 Å². The van der Waals surface area contributed by atoms with Crippen molar-refractivity contribution in [2.75, 3.05) is 20.8 Å². The molecule has 1 atom stereocenters. The highest BCUT2D eigenvalue weighted by atomic mass is 32.2. The number of carbonyl (C=O) groups excluding carboxylic acids is 1. The molecule has 0 spiro atoms. The van der Waals surface area contributed by atoms with E-state index in [4.69, 9.17) is 14.2 Å². The van der Waals surface area contributed by atoms with Crippen molar-refractivity contribution < 1.29 is 19.0 Å². The van der Waals surface area contributed by atoms with Crippen LogP contribution in [0, 0.1) is 0 Å². The fraction of sp³-hybridized carbons (Fsp3) is 0.333. The van der Waals surface area contributed by atoms with Gasteiger partial charge in [0.2, 0.25) is 11.7 Å². The van der Waals surface area contributed by atoms with Gasteiger partial charge in [0.1, 0.15) is 0 Å². The lowest BCUT2D eigenvalue weighted by Gasteiger charge is -2.20. The van der Waals surface area contributed by atoms with Gasteiger partial charge in [0.15, 0.2) is 16.9 Å². The van der Waals surface area contributed by atoms with Crippen LogP contribution in [-0.2, 0) is 11.2 Å². The van der Waals surface area contributed by atoms with Gasteiger partial charge < -0.3 is 19.5 Å². The van der Waals surface area contributed by atoms with Crippen LogP contribution in [0.1, 0.15) is 37.4 Å². The Morgan fingerprint density at radius 1 is 1.26 bits per heavy atom. The van der Waals surface area contributed by atoms with Crippen LogP contribution in [-0.4, -0.2) is 26.7 Å². The van der Waals surface area contributed by atoms with Crippen molar-refractivity contribution >= 4 is 17.7 Å². The van der Waals surface area contributed by atoms with Gasteiger partial charge in [-0.3, -0.25) is 9.59 Å². The summed E-state index contributed by atoms with van der Waals surface area (Å²) in [5.74, 6) is 1.50. The first kappa shape index (κ1) is 22.7. The maximum Gasteiger partial charge on any atom is 0.217 e. The van der Waals surface area contributed by atoms with Crippen molar-refractivity contribution in [3.63, 3.8) is 0 Å². The van der Waals surface area contributed by atoms with Crippen LogP contribution in [0.25, 0.3) is 11.1 Å². The Balaban J connectivity index is 2.39. The maximum absolute atomic E-state index is 12.9. The third kappa shape index (κ3) is 4.56. The van der Waals surface area contributed by atoms with Crippen LogP contribution in [0.5, 0.6) is 17.2 Å². The topological polar surface area (TPSA) is 73.9 Å². The minimum atomic E-state index is -0.312. The average Bonchev–Trinajstić information content (AvgIpc) is 2.97. The summed E-state index contributed by atoms with van der Waals surface area (Å²) in [4.78, 5) is 25.4. The van der Waals surface area contributed by atoms with Crippen molar-refractivity contribution in [1.82, 2.24) is 5.32 Å². The molecule has 1 unspecified atom stereocenters. The first-order valence-electron chi connectivity index (χ1n) is 10.1. The van der Waals surface area contributed by atoms with E-state index in [1.165, 1.54) is 18.7 Å². The predicted octanol–water partition coefficient (Wildman–Crippen LogP) is 4.49. The van der Waals surface area contributed by atoms with Crippen LogP contribution >= 0.6 is 11.8 Å². The molecule has 2 aromatic carbocycles. The number of hydrogen-bond acceptors (Lipinski definition) is 6.